The van der Waals surface area contributed by atoms with Gasteiger partial charge in [-0.2, -0.15) is 0 Å². The predicted octanol–water partition coefficient (Wildman–Crippen LogP) is 2.64. The van der Waals surface area contributed by atoms with Crippen molar-refractivity contribution in [3.05, 3.63) is 54.2 Å². The first-order chi connectivity index (χ1) is 12.1. The summed E-state index contributed by atoms with van der Waals surface area (Å²) in [5, 5.41) is 2.82. The van der Waals surface area contributed by atoms with Crippen molar-refractivity contribution in [3.8, 4) is 5.88 Å². The third kappa shape index (κ3) is 3.63. The minimum absolute atomic E-state index is 0.00495. The zero-order chi connectivity index (χ0) is 17.8. The zero-order valence-corrected chi connectivity index (χ0v) is 14.3. The van der Waals surface area contributed by atoms with Gasteiger partial charge in [0.05, 0.1) is 19.1 Å². The predicted molar refractivity (Wildman–Crippen MR) is 94.1 cm³/mol. The number of ether oxygens (including phenoxy) is 1. The van der Waals surface area contributed by atoms with Crippen molar-refractivity contribution in [2.45, 2.75) is 19.4 Å². The van der Waals surface area contributed by atoms with Gasteiger partial charge in [-0.25, -0.2) is 4.98 Å². The summed E-state index contributed by atoms with van der Waals surface area (Å²) in [6.45, 7) is 2.39. The molecule has 1 fully saturated rings. The molecule has 0 spiro atoms. The van der Waals surface area contributed by atoms with Crippen LogP contribution in [-0.4, -0.2) is 35.4 Å². The van der Waals surface area contributed by atoms with Crippen LogP contribution in [0.15, 0.2) is 48.7 Å². The van der Waals surface area contributed by atoms with E-state index in [1.54, 1.807) is 23.2 Å². The number of anilines is 1. The molecule has 0 aliphatic carbocycles. The van der Waals surface area contributed by atoms with Crippen LogP contribution in [0.3, 0.4) is 0 Å². The van der Waals surface area contributed by atoms with E-state index in [0.717, 1.165) is 5.56 Å². The van der Waals surface area contributed by atoms with E-state index in [0.29, 0.717) is 18.1 Å². The molecular formula is C19H21N3O3. The van der Waals surface area contributed by atoms with Gasteiger partial charge in [-0.3, -0.25) is 9.59 Å². The van der Waals surface area contributed by atoms with E-state index in [4.69, 9.17) is 4.74 Å². The molecule has 1 aromatic carbocycles. The molecule has 1 N–H and O–H groups in total. The summed E-state index contributed by atoms with van der Waals surface area (Å²) in [7, 11) is 1.50. The largest absolute Gasteiger partial charge is 0.480 e. The van der Waals surface area contributed by atoms with Crippen molar-refractivity contribution in [3.63, 3.8) is 0 Å². The Labute approximate surface area is 146 Å². The van der Waals surface area contributed by atoms with Crippen molar-refractivity contribution in [1.82, 2.24) is 9.88 Å². The van der Waals surface area contributed by atoms with Gasteiger partial charge in [0.25, 0.3) is 0 Å². The average molecular weight is 339 g/mol. The second kappa shape index (κ2) is 7.34. The molecule has 1 aliphatic heterocycles. The summed E-state index contributed by atoms with van der Waals surface area (Å²) >= 11 is 0. The number of hydrogen-bond acceptors (Lipinski definition) is 4. The van der Waals surface area contributed by atoms with Gasteiger partial charge in [0.2, 0.25) is 17.7 Å². The summed E-state index contributed by atoms with van der Waals surface area (Å²) in [4.78, 5) is 30.8. The molecule has 130 valence electrons. The maximum atomic E-state index is 12.6. The molecule has 0 saturated carbocycles. The number of nitrogens with one attached hydrogen (secondary N) is 1. The number of carbonyl (C=O) groups is 2. The first kappa shape index (κ1) is 17.0. The second-order valence-electron chi connectivity index (χ2n) is 6.08. The van der Waals surface area contributed by atoms with Crippen LogP contribution < -0.4 is 10.1 Å². The van der Waals surface area contributed by atoms with E-state index in [1.807, 2.05) is 37.3 Å². The number of amides is 2. The lowest BCUT2D eigenvalue weighted by atomic mass is 10.1. The minimum Gasteiger partial charge on any atom is -0.480 e. The van der Waals surface area contributed by atoms with E-state index < -0.39 is 0 Å². The number of likely N-dealkylation sites (tertiary alicyclic amines) is 1. The lowest BCUT2D eigenvalue weighted by Gasteiger charge is -2.25. The summed E-state index contributed by atoms with van der Waals surface area (Å²) in [6, 6.07) is 13.2. The van der Waals surface area contributed by atoms with Crippen LogP contribution in [0.1, 0.15) is 24.9 Å². The number of nitrogens with zero attached hydrogens (tertiary/aromatic N) is 2. The van der Waals surface area contributed by atoms with Crippen molar-refractivity contribution in [2.75, 3.05) is 19.0 Å². The Morgan fingerprint density at radius 3 is 2.76 bits per heavy atom. The topological polar surface area (TPSA) is 71.5 Å². The Balaban J connectivity index is 1.68. The summed E-state index contributed by atoms with van der Waals surface area (Å²) < 4.78 is 5.14. The zero-order valence-electron chi connectivity index (χ0n) is 14.3. The van der Waals surface area contributed by atoms with Crippen LogP contribution in [0, 0.1) is 5.92 Å². The van der Waals surface area contributed by atoms with Crippen molar-refractivity contribution < 1.29 is 14.3 Å². The van der Waals surface area contributed by atoms with Gasteiger partial charge in [0.15, 0.2) is 0 Å². The Morgan fingerprint density at radius 1 is 1.28 bits per heavy atom. The van der Waals surface area contributed by atoms with Crippen molar-refractivity contribution in [1.29, 1.82) is 0 Å². The van der Waals surface area contributed by atoms with Gasteiger partial charge in [-0.05, 0) is 24.6 Å². The van der Waals surface area contributed by atoms with Crippen LogP contribution in [0.5, 0.6) is 5.88 Å². The number of aromatic nitrogens is 1. The maximum Gasteiger partial charge on any atom is 0.237 e. The monoisotopic (exact) mass is 339 g/mol. The number of methoxy groups -OCH3 is 1. The Bertz CT molecular complexity index is 764. The van der Waals surface area contributed by atoms with Gasteiger partial charge in [0, 0.05) is 19.2 Å². The minimum atomic E-state index is -0.386. The third-order valence-electron chi connectivity index (χ3n) is 4.50. The summed E-state index contributed by atoms with van der Waals surface area (Å²) in [6.07, 6.45) is 1.81. The molecule has 1 aromatic heterocycles. The molecule has 2 amide bonds. The molecule has 2 atom stereocenters. The van der Waals surface area contributed by atoms with Gasteiger partial charge in [0.1, 0.15) is 5.69 Å². The van der Waals surface area contributed by atoms with Gasteiger partial charge >= 0.3 is 0 Å². The number of carbonyl (C=O) groups excluding carboxylic acids is 2. The highest BCUT2D eigenvalue weighted by Crippen LogP contribution is 2.29. The normalized spacial score (nSPS) is 18.1. The van der Waals surface area contributed by atoms with Crippen molar-refractivity contribution >= 4 is 17.5 Å². The van der Waals surface area contributed by atoms with Gasteiger partial charge in [-0.1, -0.05) is 30.3 Å². The molecule has 6 heteroatoms. The molecule has 3 rings (SSSR count). The quantitative estimate of drug-likeness (QED) is 0.909. The fraction of sp³-hybridized carbons (Fsp3) is 0.316. The van der Waals surface area contributed by atoms with Gasteiger partial charge < -0.3 is 15.0 Å². The molecule has 6 nitrogen and oxygen atoms in total. The Kier molecular flexibility index (Phi) is 4.97. The molecule has 1 aliphatic rings. The SMILES string of the molecule is COc1ncccc1NC(=O)C1CC(=O)N(C(C)c2ccccc2)C1. The highest BCUT2D eigenvalue weighted by Gasteiger charge is 2.37. The van der Waals surface area contributed by atoms with Crippen LogP contribution in [0.4, 0.5) is 5.69 Å². The molecule has 1 saturated heterocycles. The maximum absolute atomic E-state index is 12.6. The first-order valence-electron chi connectivity index (χ1n) is 8.24. The Hall–Kier alpha value is -2.89. The average Bonchev–Trinajstić information content (AvgIpc) is 3.04. The molecule has 2 heterocycles. The van der Waals surface area contributed by atoms with Gasteiger partial charge in [-0.15, -0.1) is 0 Å². The van der Waals surface area contributed by atoms with Crippen LogP contribution >= 0.6 is 0 Å². The van der Waals surface area contributed by atoms with Crippen LogP contribution in [0.25, 0.3) is 0 Å². The third-order valence-corrected chi connectivity index (χ3v) is 4.50. The molecule has 2 aromatic rings. The standard InChI is InChI=1S/C19H21N3O3/c1-13(14-7-4-3-5-8-14)22-12-15(11-17(22)23)18(24)21-16-9-6-10-20-19(16)25-2/h3-10,13,15H,11-12H2,1-2H3,(H,21,24). The molecule has 0 radical (unpaired) electrons. The number of pyridine rings is 1. The smallest absolute Gasteiger partial charge is 0.237 e. The summed E-state index contributed by atoms with van der Waals surface area (Å²) in [5.41, 5.74) is 1.57. The molecule has 0 bridgehead atoms. The van der Waals surface area contributed by atoms with E-state index in [1.165, 1.54) is 7.11 Å². The molecular weight excluding hydrogens is 318 g/mol. The van der Waals surface area contributed by atoms with E-state index in [9.17, 15) is 9.59 Å². The highest BCUT2D eigenvalue weighted by atomic mass is 16.5. The number of rotatable bonds is 5. The Morgan fingerprint density at radius 2 is 2.04 bits per heavy atom. The fourth-order valence-electron chi connectivity index (χ4n) is 3.08. The van der Waals surface area contributed by atoms with E-state index in [-0.39, 0.29) is 30.2 Å². The van der Waals surface area contributed by atoms with Crippen molar-refractivity contribution in [2.24, 2.45) is 5.92 Å². The van der Waals surface area contributed by atoms with E-state index in [2.05, 4.69) is 10.3 Å². The molecule has 2 unspecified atom stereocenters. The fourth-order valence-corrected chi connectivity index (χ4v) is 3.08. The summed E-state index contributed by atoms with van der Waals surface area (Å²) in [5.74, 6) is -0.227. The lowest BCUT2D eigenvalue weighted by molar-refractivity contribution is -0.129. The second-order valence-corrected chi connectivity index (χ2v) is 6.08. The lowest BCUT2D eigenvalue weighted by Crippen LogP contribution is -2.30. The number of hydrogen-bond donors (Lipinski definition) is 1. The highest BCUT2D eigenvalue weighted by molar-refractivity contribution is 5.98. The van der Waals surface area contributed by atoms with Crippen LogP contribution in [0.2, 0.25) is 0 Å². The first-order valence-corrected chi connectivity index (χ1v) is 8.24. The van der Waals surface area contributed by atoms with E-state index >= 15 is 0 Å². The van der Waals surface area contributed by atoms with Crippen LogP contribution in [-0.2, 0) is 9.59 Å². The number of benzene rings is 1. The molecule has 25 heavy (non-hydrogen) atoms.